The molecule has 6 rings (SSSR count). The third-order valence-electron chi connectivity index (χ3n) is 12.6. The molecule has 1 saturated heterocycles. The Balaban J connectivity index is 1.21. The highest BCUT2D eigenvalue weighted by atomic mass is 32.2. The standard InChI is InChI=1S/C48H63N5O6S/c1-13-33-27(6)39-24-42-34(14-2)26(5)38(50-42)23-40-28(7)35(45(52-40)29(8)37-21-25(4)36(49-37)22-41(33)51-39)17-18-44(56)53(12)19-16-20-60-48-30(9)46(57-31(10)54)47(58-32(11)55)43(15-3)59-48/h14,21-24,28,30,35,43,46-48,50-51H,2,13,15-20H2,1,3-12H3/t28-,30+,35-,43+,46+,47+,48-/m0/s1. The smallest absolute Gasteiger partial charge is 0.303 e. The highest BCUT2D eigenvalue weighted by Crippen LogP contribution is 2.42. The Labute approximate surface area is 359 Å². The Hall–Kier alpha value is -4.68. The fourth-order valence-electron chi connectivity index (χ4n) is 9.04. The van der Waals surface area contributed by atoms with Crippen LogP contribution in [-0.2, 0) is 35.0 Å². The number of allylic oxidation sites excluding steroid dienone is 1. The topological polar surface area (TPSA) is 140 Å². The maximum absolute atomic E-state index is 13.7. The van der Waals surface area contributed by atoms with Crippen LogP contribution in [0.3, 0.4) is 0 Å². The molecule has 6 heterocycles. The van der Waals surface area contributed by atoms with Crippen molar-refractivity contribution in [2.24, 2.45) is 5.92 Å². The van der Waals surface area contributed by atoms with Gasteiger partial charge in [0.1, 0.15) is 11.5 Å². The third-order valence-corrected chi connectivity index (χ3v) is 14.0. The van der Waals surface area contributed by atoms with Gasteiger partial charge in [-0.2, -0.15) is 0 Å². The summed E-state index contributed by atoms with van der Waals surface area (Å²) in [7, 11) is 1.87. The van der Waals surface area contributed by atoms with Crippen molar-refractivity contribution in [1.82, 2.24) is 24.8 Å². The minimum Gasteiger partial charge on any atom is -0.458 e. The fourth-order valence-corrected chi connectivity index (χ4v) is 10.2. The molecule has 0 aliphatic carbocycles. The van der Waals surface area contributed by atoms with Crippen LogP contribution < -0.4 is 0 Å². The molecule has 3 aliphatic heterocycles. The number of H-pyrrole nitrogens is 2. The summed E-state index contributed by atoms with van der Waals surface area (Å²) in [4.78, 5) is 57.3. The highest BCUT2D eigenvalue weighted by molar-refractivity contribution is 7.99. The van der Waals surface area contributed by atoms with Crippen LogP contribution in [0.4, 0.5) is 0 Å². The molecule has 0 radical (unpaired) electrons. The Morgan fingerprint density at radius 2 is 1.60 bits per heavy atom. The Morgan fingerprint density at radius 3 is 2.27 bits per heavy atom. The van der Waals surface area contributed by atoms with Gasteiger partial charge in [0.25, 0.3) is 0 Å². The lowest BCUT2D eigenvalue weighted by atomic mass is 9.85. The molecule has 322 valence electrons. The first-order valence-corrected chi connectivity index (χ1v) is 22.5. The summed E-state index contributed by atoms with van der Waals surface area (Å²) >= 11 is 1.64. The van der Waals surface area contributed by atoms with Crippen LogP contribution in [0.15, 0.2) is 24.8 Å². The number of hydrogen-bond donors (Lipinski definition) is 2. The van der Waals surface area contributed by atoms with Crippen molar-refractivity contribution in [2.45, 2.75) is 137 Å². The van der Waals surface area contributed by atoms with E-state index in [1.54, 1.807) is 11.8 Å². The van der Waals surface area contributed by atoms with Gasteiger partial charge < -0.3 is 29.1 Å². The number of carbonyl (C=O) groups excluding carboxylic acids is 3. The van der Waals surface area contributed by atoms with E-state index in [0.29, 0.717) is 25.8 Å². The number of aromatic nitrogens is 4. The van der Waals surface area contributed by atoms with E-state index in [1.807, 2.05) is 31.9 Å². The maximum Gasteiger partial charge on any atom is 0.303 e. The lowest BCUT2D eigenvalue weighted by Gasteiger charge is -2.44. The van der Waals surface area contributed by atoms with Crippen molar-refractivity contribution in [1.29, 1.82) is 0 Å². The van der Waals surface area contributed by atoms with Gasteiger partial charge in [-0.25, -0.2) is 4.98 Å². The number of thioether (sulfide) groups is 1. The summed E-state index contributed by atoms with van der Waals surface area (Å²) in [5.41, 5.74) is 14.5. The lowest BCUT2D eigenvalue weighted by Crippen LogP contribution is -2.55. The SMILES string of the molecule is C=Cc1c(C)c2cc3nc(c(C)c4nc(cc5[nH]c(cc1[nH]2)c(C)c5CC)C(C)=C4)[C@@H](CCC(=O)N(C)CCCS[C@@H]1O[C@H](CC)[C@@H](OC(C)=O)[C@H](OC(C)=O)[C@H]1C)[C@@H]3C. The van der Waals surface area contributed by atoms with E-state index in [-0.39, 0.29) is 35.2 Å². The Bertz CT molecular complexity index is 2340. The number of aromatic amines is 2. The summed E-state index contributed by atoms with van der Waals surface area (Å²) in [6.45, 7) is 24.3. The van der Waals surface area contributed by atoms with Gasteiger partial charge in [0, 0.05) is 90.6 Å². The van der Waals surface area contributed by atoms with Crippen LogP contribution in [0.25, 0.3) is 39.8 Å². The number of rotatable bonds is 13. The van der Waals surface area contributed by atoms with Crippen molar-refractivity contribution in [2.75, 3.05) is 19.3 Å². The third kappa shape index (κ3) is 9.29. The molecule has 3 aliphatic rings. The van der Waals surface area contributed by atoms with Crippen molar-refractivity contribution >= 4 is 69.4 Å². The van der Waals surface area contributed by atoms with Crippen molar-refractivity contribution in [3.63, 3.8) is 0 Å². The number of esters is 2. The minimum atomic E-state index is -0.657. The number of nitrogens with zero attached hydrogens (tertiary/aromatic N) is 3. The molecule has 12 heteroatoms. The molecular formula is C48H63N5O6S. The van der Waals surface area contributed by atoms with Crippen molar-refractivity contribution in [3.05, 3.63) is 75.4 Å². The fraction of sp³-hybridized carbons (Fsp3) is 0.521. The van der Waals surface area contributed by atoms with Gasteiger partial charge in [-0.05, 0) is 111 Å². The van der Waals surface area contributed by atoms with Crippen molar-refractivity contribution in [3.8, 4) is 0 Å². The molecule has 60 heavy (non-hydrogen) atoms. The summed E-state index contributed by atoms with van der Waals surface area (Å²) in [5.74, 6) is -0.108. The van der Waals surface area contributed by atoms with Gasteiger partial charge in [-0.15, -0.1) is 11.8 Å². The van der Waals surface area contributed by atoms with E-state index in [9.17, 15) is 14.4 Å². The summed E-state index contributed by atoms with van der Waals surface area (Å²) in [5, 5.41) is 0. The molecule has 7 atom stereocenters. The predicted molar refractivity (Wildman–Crippen MR) is 243 cm³/mol. The lowest BCUT2D eigenvalue weighted by molar-refractivity contribution is -0.210. The van der Waals surface area contributed by atoms with Gasteiger partial charge in [-0.1, -0.05) is 40.3 Å². The van der Waals surface area contributed by atoms with Gasteiger partial charge in [0.2, 0.25) is 5.91 Å². The molecule has 0 saturated carbocycles. The average Bonchev–Trinajstić information content (AvgIpc) is 3.91. The van der Waals surface area contributed by atoms with E-state index in [2.05, 4.69) is 82.4 Å². The molecule has 11 nitrogen and oxygen atoms in total. The predicted octanol–water partition coefficient (Wildman–Crippen LogP) is 9.89. The first-order chi connectivity index (χ1) is 28.6. The molecule has 8 bridgehead atoms. The van der Waals surface area contributed by atoms with E-state index >= 15 is 0 Å². The number of amides is 1. The van der Waals surface area contributed by atoms with Gasteiger partial charge in [0.15, 0.2) is 6.10 Å². The first-order valence-electron chi connectivity index (χ1n) is 21.5. The quantitative estimate of drug-likeness (QED) is 0.127. The number of hydrogen-bond acceptors (Lipinski definition) is 9. The largest absolute Gasteiger partial charge is 0.458 e. The molecule has 1 fully saturated rings. The zero-order valence-corrected chi connectivity index (χ0v) is 38.1. The molecule has 0 unspecified atom stereocenters. The zero-order chi connectivity index (χ0) is 43.6. The van der Waals surface area contributed by atoms with Gasteiger partial charge in [-0.3, -0.25) is 19.4 Å². The van der Waals surface area contributed by atoms with Crippen molar-refractivity contribution < 1.29 is 28.6 Å². The van der Waals surface area contributed by atoms with Crippen LogP contribution >= 0.6 is 11.8 Å². The second-order valence-corrected chi connectivity index (χ2v) is 17.9. The maximum atomic E-state index is 13.7. The average molecular weight is 838 g/mol. The van der Waals surface area contributed by atoms with E-state index < -0.39 is 24.1 Å². The Morgan fingerprint density at radius 1 is 0.917 bits per heavy atom. The monoisotopic (exact) mass is 837 g/mol. The highest BCUT2D eigenvalue weighted by Gasteiger charge is 2.47. The summed E-state index contributed by atoms with van der Waals surface area (Å²) in [6, 6.07) is 6.53. The van der Waals surface area contributed by atoms with E-state index in [4.69, 9.17) is 24.2 Å². The van der Waals surface area contributed by atoms with E-state index in [1.165, 1.54) is 25.0 Å². The van der Waals surface area contributed by atoms with Crippen LogP contribution in [0, 0.1) is 26.7 Å². The minimum absolute atomic E-state index is 0.0294. The molecule has 3 aromatic rings. The Kier molecular flexibility index (Phi) is 14.2. The number of fused-ring (bicyclic) bond motifs is 8. The first kappa shape index (κ1) is 44.9. The number of aryl methyl sites for hydroxylation is 3. The molecule has 2 N–H and O–H groups in total. The zero-order valence-electron chi connectivity index (χ0n) is 37.3. The molecule has 0 spiro atoms. The van der Waals surface area contributed by atoms with Crippen LogP contribution in [0.5, 0.6) is 0 Å². The van der Waals surface area contributed by atoms with Gasteiger partial charge in [0.05, 0.1) is 17.5 Å². The number of carbonyl (C=O) groups is 3. The molecule has 1 amide bonds. The molecule has 3 aromatic heterocycles. The second-order valence-electron chi connectivity index (χ2n) is 16.7. The number of ether oxygens (including phenoxy) is 3. The van der Waals surface area contributed by atoms with Crippen LogP contribution in [0.1, 0.15) is 137 Å². The molecular weight excluding hydrogens is 775 g/mol. The van der Waals surface area contributed by atoms with E-state index in [0.717, 1.165) is 85.7 Å². The summed E-state index contributed by atoms with van der Waals surface area (Å²) in [6.07, 6.45) is 5.75. The molecule has 0 aromatic carbocycles. The summed E-state index contributed by atoms with van der Waals surface area (Å²) < 4.78 is 17.7. The van der Waals surface area contributed by atoms with Crippen LogP contribution in [0.2, 0.25) is 0 Å². The normalized spacial score (nSPS) is 22.6. The number of nitrogens with one attached hydrogen (secondary N) is 2. The second kappa shape index (κ2) is 18.9. The van der Waals surface area contributed by atoms with Crippen LogP contribution in [-0.4, -0.2) is 85.8 Å². The van der Waals surface area contributed by atoms with Gasteiger partial charge >= 0.3 is 11.9 Å².